The van der Waals surface area contributed by atoms with Crippen LogP contribution in [0.15, 0.2) is 0 Å². The number of carboxylic acid groups (broad SMARTS) is 1. The monoisotopic (exact) mass is 261 g/mol. The fourth-order valence-electron chi connectivity index (χ4n) is 1.29. The summed E-state index contributed by atoms with van der Waals surface area (Å²) in [6.45, 7) is 6.32. The van der Waals surface area contributed by atoms with Crippen LogP contribution in [0.3, 0.4) is 0 Å². The maximum Gasteiger partial charge on any atom is 0.305 e. The lowest BCUT2D eigenvalue weighted by Gasteiger charge is -2.30. The summed E-state index contributed by atoms with van der Waals surface area (Å²) in [5.74, 6) is -1.25. The second-order valence-corrected chi connectivity index (χ2v) is 5.13. The van der Waals surface area contributed by atoms with Gasteiger partial charge < -0.3 is 19.9 Å². The molecule has 0 aliphatic heterocycles. The summed E-state index contributed by atoms with van der Waals surface area (Å²) in [7, 11) is 1.55. The summed E-state index contributed by atoms with van der Waals surface area (Å²) >= 11 is 0. The van der Waals surface area contributed by atoms with Gasteiger partial charge in [-0.25, -0.2) is 0 Å². The molecule has 0 saturated heterocycles. The van der Waals surface area contributed by atoms with Crippen LogP contribution < -0.4 is 5.32 Å². The molecular weight excluding hydrogens is 238 g/mol. The lowest BCUT2D eigenvalue weighted by molar-refractivity contribution is -0.138. The van der Waals surface area contributed by atoms with Gasteiger partial charge in [-0.2, -0.15) is 0 Å². The molecule has 0 aliphatic carbocycles. The molecule has 6 nitrogen and oxygen atoms in total. The second kappa shape index (κ2) is 8.05. The molecule has 0 radical (unpaired) electrons. The molecular formula is C12H23NO5. The highest BCUT2D eigenvalue weighted by Gasteiger charge is 2.28. The Morgan fingerprint density at radius 2 is 1.89 bits per heavy atom. The minimum atomic E-state index is -0.935. The van der Waals surface area contributed by atoms with Crippen molar-refractivity contribution in [2.24, 2.45) is 5.41 Å². The molecule has 0 aromatic carbocycles. The number of amides is 1. The van der Waals surface area contributed by atoms with Gasteiger partial charge in [-0.15, -0.1) is 0 Å². The van der Waals surface area contributed by atoms with Crippen molar-refractivity contribution in [2.75, 3.05) is 26.9 Å². The number of carbonyl (C=O) groups is 2. The maximum atomic E-state index is 11.6. The Kier molecular flexibility index (Phi) is 7.54. The smallest absolute Gasteiger partial charge is 0.305 e. The summed E-state index contributed by atoms with van der Waals surface area (Å²) < 4.78 is 9.85. The predicted octanol–water partition coefficient (Wildman–Crippen LogP) is 0.655. The average Bonchev–Trinajstić information content (AvgIpc) is 2.21. The van der Waals surface area contributed by atoms with Crippen molar-refractivity contribution in [1.29, 1.82) is 0 Å². The number of ether oxygens (including phenoxy) is 2. The number of hydrogen-bond acceptors (Lipinski definition) is 4. The predicted molar refractivity (Wildman–Crippen MR) is 66.3 cm³/mol. The van der Waals surface area contributed by atoms with Crippen LogP contribution in [-0.4, -0.2) is 50.0 Å². The lowest BCUT2D eigenvalue weighted by atomic mass is 9.85. The highest BCUT2D eigenvalue weighted by molar-refractivity contribution is 5.78. The Bertz CT molecular complexity index is 272. The van der Waals surface area contributed by atoms with Crippen LogP contribution in [0.4, 0.5) is 0 Å². The van der Waals surface area contributed by atoms with Gasteiger partial charge in [-0.1, -0.05) is 20.8 Å². The Labute approximate surface area is 108 Å². The van der Waals surface area contributed by atoms with Crippen molar-refractivity contribution < 1.29 is 24.2 Å². The van der Waals surface area contributed by atoms with E-state index in [0.717, 1.165) is 0 Å². The summed E-state index contributed by atoms with van der Waals surface area (Å²) in [6.07, 6.45) is -0.104. The van der Waals surface area contributed by atoms with Crippen molar-refractivity contribution in [3.63, 3.8) is 0 Å². The standard InChI is InChI=1S/C12H23NO5/c1-12(2,3)9(7-11(15)16)13-10(14)8-18-6-5-17-4/h9H,5-8H2,1-4H3,(H,13,14)(H,15,16). The van der Waals surface area contributed by atoms with Gasteiger partial charge in [0.05, 0.1) is 19.6 Å². The summed E-state index contributed by atoms with van der Waals surface area (Å²) in [6, 6.07) is -0.423. The Hall–Kier alpha value is -1.14. The average molecular weight is 261 g/mol. The molecule has 0 rings (SSSR count). The molecule has 0 spiro atoms. The van der Waals surface area contributed by atoms with Crippen LogP contribution in [0.1, 0.15) is 27.2 Å². The van der Waals surface area contributed by atoms with E-state index >= 15 is 0 Å². The van der Waals surface area contributed by atoms with E-state index in [4.69, 9.17) is 14.6 Å². The largest absolute Gasteiger partial charge is 0.481 e. The third-order valence-electron chi connectivity index (χ3n) is 2.42. The van der Waals surface area contributed by atoms with Crippen molar-refractivity contribution in [2.45, 2.75) is 33.2 Å². The number of hydrogen-bond donors (Lipinski definition) is 2. The molecule has 0 heterocycles. The van der Waals surface area contributed by atoms with Gasteiger partial charge in [0, 0.05) is 13.2 Å². The van der Waals surface area contributed by atoms with Gasteiger partial charge in [0.25, 0.3) is 0 Å². The number of carboxylic acids is 1. The number of methoxy groups -OCH3 is 1. The van der Waals surface area contributed by atoms with Gasteiger partial charge in [0.15, 0.2) is 0 Å². The van der Waals surface area contributed by atoms with E-state index in [0.29, 0.717) is 13.2 Å². The fraction of sp³-hybridized carbons (Fsp3) is 0.833. The molecule has 0 aliphatic rings. The zero-order valence-electron chi connectivity index (χ0n) is 11.5. The van der Waals surface area contributed by atoms with Crippen LogP contribution in [0.5, 0.6) is 0 Å². The zero-order valence-corrected chi connectivity index (χ0v) is 11.5. The summed E-state index contributed by atoms with van der Waals surface area (Å²) in [5.41, 5.74) is -0.319. The molecule has 0 fully saturated rings. The molecule has 106 valence electrons. The van der Waals surface area contributed by atoms with E-state index in [1.54, 1.807) is 7.11 Å². The van der Waals surface area contributed by atoms with Gasteiger partial charge in [0.1, 0.15) is 6.61 Å². The SMILES string of the molecule is COCCOCC(=O)NC(CC(=O)O)C(C)(C)C. The van der Waals surface area contributed by atoms with Crippen LogP contribution in [0.25, 0.3) is 0 Å². The molecule has 0 saturated carbocycles. The van der Waals surface area contributed by atoms with Crippen LogP contribution in [0.2, 0.25) is 0 Å². The van der Waals surface area contributed by atoms with E-state index in [-0.39, 0.29) is 24.3 Å². The Balaban J connectivity index is 4.15. The minimum absolute atomic E-state index is 0.0877. The van der Waals surface area contributed by atoms with E-state index in [1.807, 2.05) is 20.8 Å². The van der Waals surface area contributed by atoms with E-state index in [9.17, 15) is 9.59 Å². The van der Waals surface area contributed by atoms with Gasteiger partial charge in [-0.3, -0.25) is 9.59 Å². The van der Waals surface area contributed by atoms with Crippen molar-refractivity contribution in [3.05, 3.63) is 0 Å². The Morgan fingerprint density at radius 1 is 1.28 bits per heavy atom. The summed E-state index contributed by atoms with van der Waals surface area (Å²) in [4.78, 5) is 22.3. The lowest BCUT2D eigenvalue weighted by Crippen LogP contribution is -2.46. The van der Waals surface area contributed by atoms with E-state index in [2.05, 4.69) is 5.32 Å². The zero-order chi connectivity index (χ0) is 14.2. The topological polar surface area (TPSA) is 84.9 Å². The quantitative estimate of drug-likeness (QED) is 0.627. The fourth-order valence-corrected chi connectivity index (χ4v) is 1.29. The van der Waals surface area contributed by atoms with E-state index in [1.165, 1.54) is 0 Å². The maximum absolute atomic E-state index is 11.6. The molecule has 1 unspecified atom stereocenters. The van der Waals surface area contributed by atoms with Crippen LogP contribution in [-0.2, 0) is 19.1 Å². The molecule has 18 heavy (non-hydrogen) atoms. The summed E-state index contributed by atoms with van der Waals surface area (Å²) in [5, 5.41) is 11.5. The van der Waals surface area contributed by atoms with Crippen LogP contribution in [0, 0.1) is 5.41 Å². The number of rotatable bonds is 8. The first-order valence-electron chi connectivity index (χ1n) is 5.85. The normalized spacial score (nSPS) is 13.1. The first kappa shape index (κ1) is 16.9. The molecule has 1 amide bonds. The second-order valence-electron chi connectivity index (χ2n) is 5.13. The highest BCUT2D eigenvalue weighted by Crippen LogP contribution is 2.21. The van der Waals surface area contributed by atoms with Gasteiger partial charge in [0.2, 0.25) is 5.91 Å². The number of nitrogens with one attached hydrogen (secondary N) is 1. The highest BCUT2D eigenvalue weighted by atomic mass is 16.5. The molecule has 6 heteroatoms. The first-order chi connectivity index (χ1) is 8.27. The van der Waals surface area contributed by atoms with Crippen LogP contribution >= 0.6 is 0 Å². The van der Waals surface area contributed by atoms with E-state index < -0.39 is 12.0 Å². The molecule has 1 atom stereocenters. The van der Waals surface area contributed by atoms with Gasteiger partial charge in [-0.05, 0) is 5.41 Å². The number of carbonyl (C=O) groups excluding carboxylic acids is 1. The molecule has 0 aromatic heterocycles. The Morgan fingerprint density at radius 3 is 2.33 bits per heavy atom. The van der Waals surface area contributed by atoms with Gasteiger partial charge >= 0.3 is 5.97 Å². The third-order valence-corrected chi connectivity index (χ3v) is 2.42. The van der Waals surface area contributed by atoms with Crippen molar-refractivity contribution >= 4 is 11.9 Å². The first-order valence-corrected chi connectivity index (χ1v) is 5.85. The van der Waals surface area contributed by atoms with Crippen molar-refractivity contribution in [3.8, 4) is 0 Å². The third kappa shape index (κ3) is 8.03. The minimum Gasteiger partial charge on any atom is -0.481 e. The number of aliphatic carboxylic acids is 1. The van der Waals surface area contributed by atoms with Crippen molar-refractivity contribution in [1.82, 2.24) is 5.32 Å². The molecule has 2 N–H and O–H groups in total. The molecule has 0 aromatic rings. The molecule has 0 bridgehead atoms.